The summed E-state index contributed by atoms with van der Waals surface area (Å²) in [5.74, 6) is 0.859. The fourth-order valence-electron chi connectivity index (χ4n) is 2.80. The molecule has 0 fully saturated rings. The van der Waals surface area contributed by atoms with E-state index in [0.29, 0.717) is 17.9 Å². The third-order valence-corrected chi connectivity index (χ3v) is 4.14. The number of nitrogens with two attached hydrogens (primary N) is 1. The highest BCUT2D eigenvalue weighted by molar-refractivity contribution is 5.88. The summed E-state index contributed by atoms with van der Waals surface area (Å²) in [6.07, 6.45) is 0.754. The van der Waals surface area contributed by atoms with E-state index in [1.165, 1.54) is 0 Å². The van der Waals surface area contributed by atoms with Gasteiger partial charge in [-0.3, -0.25) is 4.68 Å². The first-order valence-corrected chi connectivity index (χ1v) is 8.50. The zero-order valence-electron chi connectivity index (χ0n) is 15.2. The van der Waals surface area contributed by atoms with Gasteiger partial charge in [0.05, 0.1) is 17.8 Å². The van der Waals surface area contributed by atoms with Crippen molar-refractivity contribution in [3.05, 3.63) is 48.2 Å². The van der Waals surface area contributed by atoms with E-state index in [2.05, 4.69) is 31.9 Å². The number of nitrogens with zero attached hydrogens (tertiary/aromatic N) is 2. The quantitative estimate of drug-likeness (QED) is 0.709. The van der Waals surface area contributed by atoms with Crippen LogP contribution in [0.15, 0.2) is 42.6 Å². The van der Waals surface area contributed by atoms with Crippen molar-refractivity contribution in [2.75, 3.05) is 6.61 Å². The van der Waals surface area contributed by atoms with E-state index in [1.54, 1.807) is 0 Å². The molecule has 1 atom stereocenters. The van der Waals surface area contributed by atoms with Crippen LogP contribution in [0.2, 0.25) is 0 Å². The van der Waals surface area contributed by atoms with E-state index >= 15 is 0 Å². The molecular formula is C20H25N3O2. The first-order valence-electron chi connectivity index (χ1n) is 8.50. The van der Waals surface area contributed by atoms with Crippen LogP contribution in [0.5, 0.6) is 5.75 Å². The number of benzene rings is 2. The fourth-order valence-corrected chi connectivity index (χ4v) is 2.80. The molecule has 1 heterocycles. The minimum absolute atomic E-state index is 0.189. The lowest BCUT2D eigenvalue weighted by Crippen LogP contribution is -2.22. The molecule has 3 rings (SSSR count). The Morgan fingerprint density at radius 3 is 2.48 bits per heavy atom. The van der Waals surface area contributed by atoms with Crippen LogP contribution in [0, 0.1) is 0 Å². The van der Waals surface area contributed by atoms with E-state index in [4.69, 9.17) is 10.5 Å². The molecule has 0 saturated heterocycles. The molecule has 1 aromatic heterocycles. The summed E-state index contributed by atoms with van der Waals surface area (Å²) in [6, 6.07) is 12.1. The molecule has 3 aromatic rings. The summed E-state index contributed by atoms with van der Waals surface area (Å²) >= 11 is 0. The Labute approximate surface area is 148 Å². The van der Waals surface area contributed by atoms with Gasteiger partial charge < -0.3 is 15.6 Å². The number of hydrogen-bond acceptors (Lipinski definition) is 4. The molecule has 0 spiro atoms. The van der Waals surface area contributed by atoms with E-state index in [9.17, 15) is 5.11 Å². The standard InChI is InChI=1S/C20H25N3O2/c1-5-25-16-9-8-13-10-15(7-6-14(13)11-16)18-17(19(21)24)12-23(22-18)20(2,3)4/h6-12,19,24H,5,21H2,1-4H3. The molecule has 132 valence electrons. The predicted molar refractivity (Wildman–Crippen MR) is 100 cm³/mol. The molecule has 0 aliphatic carbocycles. The van der Waals surface area contributed by atoms with Crippen LogP contribution < -0.4 is 10.5 Å². The van der Waals surface area contributed by atoms with Crippen molar-refractivity contribution in [1.29, 1.82) is 0 Å². The van der Waals surface area contributed by atoms with Crippen molar-refractivity contribution >= 4 is 10.8 Å². The Balaban J connectivity index is 2.09. The molecule has 5 nitrogen and oxygen atoms in total. The number of hydrogen-bond donors (Lipinski definition) is 2. The number of rotatable bonds is 4. The Hall–Kier alpha value is -2.37. The van der Waals surface area contributed by atoms with Gasteiger partial charge in [0, 0.05) is 17.3 Å². The fraction of sp³-hybridized carbons (Fsp3) is 0.350. The van der Waals surface area contributed by atoms with Crippen LogP contribution >= 0.6 is 0 Å². The number of ether oxygens (including phenoxy) is 1. The lowest BCUT2D eigenvalue weighted by molar-refractivity contribution is 0.186. The molecular weight excluding hydrogens is 314 g/mol. The Kier molecular flexibility index (Phi) is 4.54. The number of aromatic nitrogens is 2. The van der Waals surface area contributed by atoms with E-state index < -0.39 is 6.23 Å². The second-order valence-electron chi connectivity index (χ2n) is 7.15. The first-order chi connectivity index (χ1) is 11.8. The van der Waals surface area contributed by atoms with Crippen molar-refractivity contribution in [3.8, 4) is 17.0 Å². The lowest BCUT2D eigenvalue weighted by atomic mass is 10.0. The monoisotopic (exact) mass is 339 g/mol. The lowest BCUT2D eigenvalue weighted by Gasteiger charge is -2.18. The van der Waals surface area contributed by atoms with Crippen molar-refractivity contribution in [3.63, 3.8) is 0 Å². The predicted octanol–water partition coefficient (Wildman–Crippen LogP) is 3.81. The molecule has 0 bridgehead atoms. The van der Waals surface area contributed by atoms with Crippen molar-refractivity contribution in [2.24, 2.45) is 5.73 Å². The highest BCUT2D eigenvalue weighted by Crippen LogP contribution is 2.31. The maximum Gasteiger partial charge on any atom is 0.132 e. The van der Waals surface area contributed by atoms with Gasteiger partial charge in [-0.1, -0.05) is 18.2 Å². The van der Waals surface area contributed by atoms with Gasteiger partial charge in [0.25, 0.3) is 0 Å². The Bertz CT molecular complexity index is 892. The van der Waals surface area contributed by atoms with Crippen molar-refractivity contribution in [2.45, 2.75) is 39.5 Å². The molecule has 0 aliphatic rings. The second kappa shape index (κ2) is 6.50. The van der Waals surface area contributed by atoms with Crippen LogP contribution in [0.1, 0.15) is 39.5 Å². The summed E-state index contributed by atoms with van der Waals surface area (Å²) in [5.41, 5.74) is 7.83. The van der Waals surface area contributed by atoms with Crippen LogP contribution in [0.4, 0.5) is 0 Å². The summed E-state index contributed by atoms with van der Waals surface area (Å²) in [7, 11) is 0. The molecule has 0 amide bonds. The topological polar surface area (TPSA) is 73.3 Å². The number of aliphatic hydroxyl groups is 1. The van der Waals surface area contributed by atoms with E-state index in [0.717, 1.165) is 22.1 Å². The molecule has 25 heavy (non-hydrogen) atoms. The number of aliphatic hydroxyl groups excluding tert-OH is 1. The van der Waals surface area contributed by atoms with Gasteiger partial charge in [-0.2, -0.15) is 5.10 Å². The molecule has 2 aromatic carbocycles. The molecule has 5 heteroatoms. The van der Waals surface area contributed by atoms with Gasteiger partial charge in [0.1, 0.15) is 12.0 Å². The van der Waals surface area contributed by atoms with Gasteiger partial charge in [0.2, 0.25) is 0 Å². The van der Waals surface area contributed by atoms with Crippen molar-refractivity contribution < 1.29 is 9.84 Å². The molecule has 0 aliphatic heterocycles. The van der Waals surface area contributed by atoms with Crippen LogP contribution in [0.3, 0.4) is 0 Å². The maximum absolute atomic E-state index is 9.96. The largest absolute Gasteiger partial charge is 0.494 e. The smallest absolute Gasteiger partial charge is 0.132 e. The molecule has 0 radical (unpaired) electrons. The minimum atomic E-state index is -1.07. The zero-order valence-corrected chi connectivity index (χ0v) is 15.2. The van der Waals surface area contributed by atoms with Crippen molar-refractivity contribution in [1.82, 2.24) is 9.78 Å². The third-order valence-electron chi connectivity index (χ3n) is 4.14. The summed E-state index contributed by atoms with van der Waals surface area (Å²) in [5, 5.41) is 16.8. The van der Waals surface area contributed by atoms with Crippen LogP contribution in [-0.4, -0.2) is 21.5 Å². The molecule has 0 saturated carbocycles. The first kappa shape index (κ1) is 17.5. The van der Waals surface area contributed by atoms with Gasteiger partial charge >= 0.3 is 0 Å². The Morgan fingerprint density at radius 1 is 1.16 bits per heavy atom. The Morgan fingerprint density at radius 2 is 1.84 bits per heavy atom. The average Bonchev–Trinajstić information content (AvgIpc) is 3.00. The third kappa shape index (κ3) is 3.52. The summed E-state index contributed by atoms with van der Waals surface area (Å²) in [4.78, 5) is 0. The normalized spacial score (nSPS) is 13.2. The molecule has 3 N–H and O–H groups in total. The average molecular weight is 339 g/mol. The van der Waals surface area contributed by atoms with Gasteiger partial charge in [-0.05, 0) is 56.7 Å². The zero-order chi connectivity index (χ0) is 18.2. The van der Waals surface area contributed by atoms with Crippen LogP contribution in [0.25, 0.3) is 22.0 Å². The molecule has 1 unspecified atom stereocenters. The van der Waals surface area contributed by atoms with Crippen LogP contribution in [-0.2, 0) is 5.54 Å². The van der Waals surface area contributed by atoms with E-state index in [-0.39, 0.29) is 5.54 Å². The van der Waals surface area contributed by atoms with Gasteiger partial charge in [-0.15, -0.1) is 0 Å². The van der Waals surface area contributed by atoms with Gasteiger partial charge in [0.15, 0.2) is 0 Å². The SMILES string of the molecule is CCOc1ccc2cc(-c3nn(C(C)(C)C)cc3C(N)O)ccc2c1. The highest BCUT2D eigenvalue weighted by atomic mass is 16.5. The maximum atomic E-state index is 9.96. The van der Waals surface area contributed by atoms with Gasteiger partial charge in [-0.25, -0.2) is 0 Å². The summed E-state index contributed by atoms with van der Waals surface area (Å²) < 4.78 is 7.40. The second-order valence-corrected chi connectivity index (χ2v) is 7.15. The highest BCUT2D eigenvalue weighted by Gasteiger charge is 2.21. The summed E-state index contributed by atoms with van der Waals surface area (Å²) in [6.45, 7) is 8.80. The number of fused-ring (bicyclic) bond motifs is 1. The minimum Gasteiger partial charge on any atom is -0.494 e. The van der Waals surface area contributed by atoms with E-state index in [1.807, 2.05) is 48.1 Å².